The summed E-state index contributed by atoms with van der Waals surface area (Å²) in [6.07, 6.45) is -4.72. The molecular formula is C16H14BrClF4N2O2S2. The molecule has 4 nitrogen and oxygen atoms in total. The molecule has 0 saturated carbocycles. The van der Waals surface area contributed by atoms with Crippen LogP contribution in [-0.2, 0) is 16.2 Å². The molecule has 1 aliphatic heterocycles. The number of hydrogen-bond acceptors (Lipinski definition) is 4. The van der Waals surface area contributed by atoms with E-state index in [0.717, 1.165) is 23.5 Å². The number of hydrogen-bond donors (Lipinski definition) is 0. The second-order valence-electron chi connectivity index (χ2n) is 6.26. The number of benzene rings is 1. The summed E-state index contributed by atoms with van der Waals surface area (Å²) in [5.74, 6) is -0.981. The highest BCUT2D eigenvalue weighted by atomic mass is 79.9. The number of alkyl halides is 3. The van der Waals surface area contributed by atoms with E-state index in [1.807, 2.05) is 0 Å². The molecule has 0 aliphatic carbocycles. The fourth-order valence-electron chi connectivity index (χ4n) is 3.10. The fourth-order valence-corrected chi connectivity index (χ4v) is 7.14. The van der Waals surface area contributed by atoms with Gasteiger partial charge in [0.2, 0.25) is 0 Å². The Morgan fingerprint density at radius 1 is 1.25 bits per heavy atom. The maximum Gasteiger partial charge on any atom is 0.418 e. The zero-order valence-electron chi connectivity index (χ0n) is 14.3. The number of thiophene rings is 1. The average molecular weight is 522 g/mol. The molecule has 2 heterocycles. The van der Waals surface area contributed by atoms with Crippen molar-refractivity contribution in [1.29, 1.82) is 0 Å². The molecule has 0 N–H and O–H groups in total. The molecule has 0 radical (unpaired) electrons. The highest BCUT2D eigenvalue weighted by Gasteiger charge is 2.39. The second-order valence-corrected chi connectivity index (χ2v) is 10.9. The lowest BCUT2D eigenvalue weighted by Crippen LogP contribution is -2.54. The van der Waals surface area contributed by atoms with E-state index >= 15 is 0 Å². The molecule has 1 aromatic heterocycles. The molecule has 1 saturated heterocycles. The van der Waals surface area contributed by atoms with Gasteiger partial charge in [-0.25, -0.2) is 12.8 Å². The SMILES string of the molecule is C[C@@H]1CN(c2ccc(F)cc2C(F)(F)F)CCN1S(=O)(=O)c1cc(Br)c(Cl)s1. The van der Waals surface area contributed by atoms with E-state index < -0.39 is 33.6 Å². The molecule has 154 valence electrons. The number of nitrogens with zero attached hydrogens (tertiary/aromatic N) is 2. The van der Waals surface area contributed by atoms with Crippen molar-refractivity contribution in [3.05, 3.63) is 44.5 Å². The molecule has 1 aliphatic rings. The maximum atomic E-state index is 13.3. The molecule has 0 spiro atoms. The van der Waals surface area contributed by atoms with Crippen LogP contribution in [0.1, 0.15) is 12.5 Å². The quantitative estimate of drug-likeness (QED) is 0.520. The number of rotatable bonds is 3. The third-order valence-corrected chi connectivity index (χ3v) is 9.29. The van der Waals surface area contributed by atoms with Gasteiger partial charge in [-0.15, -0.1) is 11.3 Å². The molecule has 12 heteroatoms. The van der Waals surface area contributed by atoms with Gasteiger partial charge in [0.05, 0.1) is 5.56 Å². The summed E-state index contributed by atoms with van der Waals surface area (Å²) in [5, 5.41) is 0. The molecule has 2 aromatic rings. The van der Waals surface area contributed by atoms with Gasteiger partial charge < -0.3 is 4.90 Å². The van der Waals surface area contributed by atoms with Crippen LogP contribution in [-0.4, -0.2) is 38.4 Å². The van der Waals surface area contributed by atoms with Gasteiger partial charge in [-0.3, -0.25) is 0 Å². The van der Waals surface area contributed by atoms with Crippen LogP contribution in [0.4, 0.5) is 23.2 Å². The first kappa shape index (κ1) is 21.8. The smallest absolute Gasteiger partial charge is 0.368 e. The van der Waals surface area contributed by atoms with Crippen LogP contribution in [0.3, 0.4) is 0 Å². The minimum atomic E-state index is -4.72. The lowest BCUT2D eigenvalue weighted by atomic mass is 10.1. The van der Waals surface area contributed by atoms with Gasteiger partial charge >= 0.3 is 6.18 Å². The van der Waals surface area contributed by atoms with Crippen molar-refractivity contribution < 1.29 is 26.0 Å². The molecule has 0 unspecified atom stereocenters. The largest absolute Gasteiger partial charge is 0.418 e. The van der Waals surface area contributed by atoms with Crippen LogP contribution in [0, 0.1) is 5.82 Å². The van der Waals surface area contributed by atoms with Crippen molar-refractivity contribution in [3.63, 3.8) is 0 Å². The zero-order chi connectivity index (χ0) is 20.9. The summed E-state index contributed by atoms with van der Waals surface area (Å²) in [6.45, 7) is 1.68. The highest BCUT2D eigenvalue weighted by Crippen LogP contribution is 2.39. The first-order chi connectivity index (χ1) is 12.9. The minimum Gasteiger partial charge on any atom is -0.368 e. The molecule has 28 heavy (non-hydrogen) atoms. The lowest BCUT2D eigenvalue weighted by molar-refractivity contribution is -0.137. The molecule has 1 fully saturated rings. The summed E-state index contributed by atoms with van der Waals surface area (Å²) < 4.78 is 81.1. The van der Waals surface area contributed by atoms with Gasteiger partial charge in [0, 0.05) is 35.8 Å². The van der Waals surface area contributed by atoms with Crippen LogP contribution in [0.15, 0.2) is 32.9 Å². The molecule has 1 aromatic carbocycles. The van der Waals surface area contributed by atoms with Gasteiger partial charge in [-0.1, -0.05) is 11.6 Å². The Labute approximate surface area is 176 Å². The Kier molecular flexibility index (Phi) is 6.04. The Morgan fingerprint density at radius 2 is 1.93 bits per heavy atom. The van der Waals surface area contributed by atoms with Gasteiger partial charge in [0.25, 0.3) is 10.0 Å². The van der Waals surface area contributed by atoms with E-state index in [1.165, 1.54) is 15.3 Å². The maximum absolute atomic E-state index is 13.3. The number of halogens is 6. The average Bonchev–Trinajstić information content (AvgIpc) is 2.93. The summed E-state index contributed by atoms with van der Waals surface area (Å²) in [5.41, 5.74) is -1.25. The van der Waals surface area contributed by atoms with Gasteiger partial charge in [-0.05, 0) is 47.1 Å². The number of anilines is 1. The Bertz CT molecular complexity index is 978. The standard InChI is InChI=1S/C16H14BrClF4N2O2S2/c1-9-8-23(13-3-2-10(19)6-11(13)16(20,21)22)4-5-24(9)28(25,26)14-7-12(17)15(18)27-14/h2-3,6-7,9H,4-5,8H2,1H3/t9-/m1/s1. The predicted molar refractivity (Wildman–Crippen MR) is 104 cm³/mol. The van der Waals surface area contributed by atoms with Gasteiger partial charge in [0.15, 0.2) is 0 Å². The van der Waals surface area contributed by atoms with Gasteiger partial charge in [-0.2, -0.15) is 17.5 Å². The molecular weight excluding hydrogens is 508 g/mol. The molecule has 1 atom stereocenters. The monoisotopic (exact) mass is 520 g/mol. The topological polar surface area (TPSA) is 40.6 Å². The van der Waals surface area contributed by atoms with E-state index in [1.54, 1.807) is 6.92 Å². The van der Waals surface area contributed by atoms with E-state index in [2.05, 4.69) is 15.9 Å². The highest BCUT2D eigenvalue weighted by molar-refractivity contribution is 9.10. The summed E-state index contributed by atoms with van der Waals surface area (Å²) >= 11 is 10.0. The zero-order valence-corrected chi connectivity index (χ0v) is 18.3. The summed E-state index contributed by atoms with van der Waals surface area (Å²) in [6, 6.07) is 3.30. The van der Waals surface area contributed by atoms with E-state index in [0.29, 0.717) is 14.9 Å². The van der Waals surface area contributed by atoms with Crippen molar-refractivity contribution in [3.8, 4) is 0 Å². The van der Waals surface area contributed by atoms with Crippen LogP contribution in [0.2, 0.25) is 4.34 Å². The van der Waals surface area contributed by atoms with Crippen molar-refractivity contribution in [2.75, 3.05) is 24.5 Å². The van der Waals surface area contributed by atoms with Gasteiger partial charge in [0.1, 0.15) is 14.4 Å². The first-order valence-corrected chi connectivity index (χ1v) is 11.4. The van der Waals surface area contributed by atoms with Crippen LogP contribution in [0.25, 0.3) is 0 Å². The third kappa shape index (κ3) is 4.18. The minimum absolute atomic E-state index is 0.00862. The van der Waals surface area contributed by atoms with Crippen LogP contribution >= 0.6 is 38.9 Å². The predicted octanol–water partition coefficient (Wildman–Crippen LogP) is 5.22. The Hall–Kier alpha value is -0.880. The van der Waals surface area contributed by atoms with E-state index in [4.69, 9.17) is 11.6 Å². The van der Waals surface area contributed by atoms with E-state index in [9.17, 15) is 26.0 Å². The lowest BCUT2D eigenvalue weighted by Gasteiger charge is -2.40. The Morgan fingerprint density at radius 3 is 2.46 bits per heavy atom. The van der Waals surface area contributed by atoms with Crippen LogP contribution < -0.4 is 4.90 Å². The normalized spacial score (nSPS) is 19.2. The van der Waals surface area contributed by atoms with Crippen molar-refractivity contribution in [2.45, 2.75) is 23.4 Å². The first-order valence-electron chi connectivity index (χ1n) is 7.99. The Balaban J connectivity index is 1.87. The molecule has 3 rings (SSSR count). The van der Waals surface area contributed by atoms with Crippen molar-refractivity contribution in [2.24, 2.45) is 0 Å². The van der Waals surface area contributed by atoms with Crippen LogP contribution in [0.5, 0.6) is 0 Å². The molecule has 0 bridgehead atoms. The second kappa shape index (κ2) is 7.75. The number of sulfonamides is 1. The van der Waals surface area contributed by atoms with Crippen molar-refractivity contribution >= 4 is 54.6 Å². The van der Waals surface area contributed by atoms with E-state index in [-0.39, 0.29) is 29.5 Å². The van der Waals surface area contributed by atoms with Crippen molar-refractivity contribution in [1.82, 2.24) is 4.31 Å². The molecule has 0 amide bonds. The summed E-state index contributed by atoms with van der Waals surface area (Å²) in [4.78, 5) is 1.43. The fraction of sp³-hybridized carbons (Fsp3) is 0.375. The number of piperazine rings is 1. The third-order valence-electron chi connectivity index (χ3n) is 4.36. The summed E-state index contributed by atoms with van der Waals surface area (Å²) in [7, 11) is -3.84.